The quantitative estimate of drug-likeness (QED) is 0.643. The molecule has 0 N–H and O–H groups in total. The standard InChI is InChI=1S/C8H8O3S/c1-7-3-2-4-8(5-7)12(10,11)6-9/h2-6H,1H3. The molecular formula is C8H8O3S. The molecule has 0 aliphatic rings. The SMILES string of the molecule is Cc1cccc(S(=O)(=O)C=O)c1. The Labute approximate surface area is 70.9 Å². The van der Waals surface area contributed by atoms with Crippen LogP contribution in [0.25, 0.3) is 0 Å². The van der Waals surface area contributed by atoms with Gasteiger partial charge in [0.15, 0.2) is 0 Å². The van der Waals surface area contributed by atoms with E-state index in [-0.39, 0.29) is 10.5 Å². The van der Waals surface area contributed by atoms with Crippen LogP contribution in [0.4, 0.5) is 0 Å². The molecule has 0 fully saturated rings. The van der Waals surface area contributed by atoms with Gasteiger partial charge in [0, 0.05) is 0 Å². The Kier molecular flexibility index (Phi) is 2.28. The highest BCUT2D eigenvalue weighted by molar-refractivity contribution is 8.04. The van der Waals surface area contributed by atoms with Crippen molar-refractivity contribution in [2.75, 3.05) is 0 Å². The summed E-state index contributed by atoms with van der Waals surface area (Å²) in [4.78, 5) is 10.2. The zero-order chi connectivity index (χ0) is 9.19. The predicted octanol–water partition coefficient (Wildman–Crippen LogP) is 0.959. The molecule has 0 saturated carbocycles. The molecule has 0 aliphatic carbocycles. The van der Waals surface area contributed by atoms with Gasteiger partial charge < -0.3 is 0 Å². The zero-order valence-corrected chi connectivity index (χ0v) is 7.34. The fraction of sp³-hybridized carbons (Fsp3) is 0.125. The number of sulfone groups is 1. The Morgan fingerprint density at radius 2 is 2.00 bits per heavy atom. The first kappa shape index (κ1) is 8.93. The number of carbonyl (C=O) groups excluding carboxylic acids is 1. The van der Waals surface area contributed by atoms with E-state index < -0.39 is 9.84 Å². The van der Waals surface area contributed by atoms with Crippen molar-refractivity contribution in [3.05, 3.63) is 29.8 Å². The predicted molar refractivity (Wildman–Crippen MR) is 45.1 cm³/mol. The van der Waals surface area contributed by atoms with Crippen LogP contribution < -0.4 is 0 Å². The molecule has 4 heteroatoms. The third-order valence-corrected chi connectivity index (χ3v) is 2.61. The maximum absolute atomic E-state index is 11.0. The number of aryl methyl sites for hydroxylation is 1. The third-order valence-electron chi connectivity index (χ3n) is 1.44. The summed E-state index contributed by atoms with van der Waals surface area (Å²) >= 11 is 0. The summed E-state index contributed by atoms with van der Waals surface area (Å²) in [5, 5.41) is 0. The highest BCUT2D eigenvalue weighted by atomic mass is 32.2. The van der Waals surface area contributed by atoms with Crippen molar-refractivity contribution in [1.82, 2.24) is 0 Å². The second kappa shape index (κ2) is 3.06. The van der Waals surface area contributed by atoms with Gasteiger partial charge in [0.1, 0.15) is 0 Å². The second-order valence-corrected chi connectivity index (χ2v) is 4.21. The van der Waals surface area contributed by atoms with Crippen LogP contribution in [-0.4, -0.2) is 14.0 Å². The number of hydrogen-bond donors (Lipinski definition) is 0. The Balaban J connectivity index is 3.30. The molecule has 1 aromatic carbocycles. The molecule has 0 aromatic heterocycles. The van der Waals surface area contributed by atoms with Crippen LogP contribution in [0.3, 0.4) is 0 Å². The fourth-order valence-corrected chi connectivity index (χ4v) is 1.58. The van der Waals surface area contributed by atoms with Crippen LogP contribution in [0.2, 0.25) is 0 Å². The molecule has 64 valence electrons. The highest BCUT2D eigenvalue weighted by Crippen LogP contribution is 2.10. The average Bonchev–Trinajstić information content (AvgIpc) is 2.05. The molecule has 0 unspecified atom stereocenters. The Morgan fingerprint density at radius 1 is 1.33 bits per heavy atom. The summed E-state index contributed by atoms with van der Waals surface area (Å²) in [6.45, 7) is 1.77. The molecule has 3 nitrogen and oxygen atoms in total. The summed E-state index contributed by atoms with van der Waals surface area (Å²) in [5.74, 6) is 0. The average molecular weight is 184 g/mol. The first-order valence-corrected chi connectivity index (χ1v) is 4.88. The molecule has 0 atom stereocenters. The van der Waals surface area contributed by atoms with E-state index in [2.05, 4.69) is 0 Å². The van der Waals surface area contributed by atoms with Gasteiger partial charge >= 0.3 is 0 Å². The molecule has 0 amide bonds. The highest BCUT2D eigenvalue weighted by Gasteiger charge is 2.11. The van der Waals surface area contributed by atoms with Gasteiger partial charge in [-0.1, -0.05) is 12.1 Å². The minimum Gasteiger partial charge on any atom is -0.285 e. The van der Waals surface area contributed by atoms with Crippen molar-refractivity contribution in [3.63, 3.8) is 0 Å². The zero-order valence-electron chi connectivity index (χ0n) is 6.52. The van der Waals surface area contributed by atoms with Crippen LogP contribution in [0.1, 0.15) is 5.56 Å². The van der Waals surface area contributed by atoms with Crippen LogP contribution >= 0.6 is 0 Å². The van der Waals surface area contributed by atoms with E-state index >= 15 is 0 Å². The molecule has 0 saturated heterocycles. The van der Waals surface area contributed by atoms with Gasteiger partial charge in [-0.25, -0.2) is 8.42 Å². The first-order valence-electron chi connectivity index (χ1n) is 3.33. The van der Waals surface area contributed by atoms with Crippen molar-refractivity contribution >= 4 is 15.5 Å². The van der Waals surface area contributed by atoms with Crippen LogP contribution in [-0.2, 0) is 14.6 Å². The summed E-state index contributed by atoms with van der Waals surface area (Å²) in [6.07, 6.45) is 0. The lowest BCUT2D eigenvalue weighted by atomic mass is 10.2. The van der Waals surface area contributed by atoms with E-state index in [9.17, 15) is 13.2 Å². The number of carbonyl (C=O) groups is 1. The molecular weight excluding hydrogens is 176 g/mol. The minimum absolute atomic E-state index is 0.0399. The number of hydrogen-bond acceptors (Lipinski definition) is 3. The van der Waals surface area contributed by atoms with Gasteiger partial charge in [0.25, 0.3) is 0 Å². The van der Waals surface area contributed by atoms with Crippen molar-refractivity contribution in [1.29, 1.82) is 0 Å². The number of rotatable bonds is 2. The van der Waals surface area contributed by atoms with E-state index in [1.54, 1.807) is 19.1 Å². The molecule has 0 radical (unpaired) electrons. The maximum atomic E-state index is 11.0. The van der Waals surface area contributed by atoms with Gasteiger partial charge in [0.2, 0.25) is 15.5 Å². The lowest BCUT2D eigenvalue weighted by Gasteiger charge is -1.96. The van der Waals surface area contributed by atoms with E-state index in [0.717, 1.165) is 5.56 Å². The van der Waals surface area contributed by atoms with Crippen LogP contribution in [0.5, 0.6) is 0 Å². The van der Waals surface area contributed by atoms with E-state index in [1.807, 2.05) is 0 Å². The normalized spacial score (nSPS) is 11.1. The van der Waals surface area contributed by atoms with Gasteiger partial charge in [-0.05, 0) is 24.6 Å². The monoisotopic (exact) mass is 184 g/mol. The Hall–Kier alpha value is -1.16. The van der Waals surface area contributed by atoms with Gasteiger partial charge in [0.05, 0.1) is 4.90 Å². The van der Waals surface area contributed by atoms with Crippen LogP contribution in [0, 0.1) is 6.92 Å². The first-order chi connectivity index (χ1) is 5.56. The van der Waals surface area contributed by atoms with Gasteiger partial charge in [-0.2, -0.15) is 0 Å². The number of benzene rings is 1. The summed E-state index contributed by atoms with van der Waals surface area (Å²) in [6, 6.07) is 6.23. The van der Waals surface area contributed by atoms with Crippen molar-refractivity contribution in [3.8, 4) is 0 Å². The summed E-state index contributed by atoms with van der Waals surface area (Å²) in [5.41, 5.74) is 0.778. The van der Waals surface area contributed by atoms with Gasteiger partial charge in [-0.3, -0.25) is 4.79 Å². The molecule has 0 aliphatic heterocycles. The second-order valence-electron chi connectivity index (χ2n) is 2.46. The summed E-state index contributed by atoms with van der Waals surface area (Å²) in [7, 11) is -3.70. The molecule has 0 spiro atoms. The van der Waals surface area contributed by atoms with E-state index in [0.29, 0.717) is 0 Å². The summed E-state index contributed by atoms with van der Waals surface area (Å²) < 4.78 is 22.0. The molecule has 0 heterocycles. The van der Waals surface area contributed by atoms with E-state index in [1.165, 1.54) is 12.1 Å². The van der Waals surface area contributed by atoms with Gasteiger partial charge in [-0.15, -0.1) is 0 Å². The fourth-order valence-electron chi connectivity index (χ4n) is 0.848. The van der Waals surface area contributed by atoms with Crippen molar-refractivity contribution in [2.24, 2.45) is 0 Å². The van der Waals surface area contributed by atoms with Crippen LogP contribution in [0.15, 0.2) is 29.2 Å². The Bertz CT molecular complexity index is 393. The van der Waals surface area contributed by atoms with Crippen molar-refractivity contribution < 1.29 is 13.2 Å². The third kappa shape index (κ3) is 1.71. The smallest absolute Gasteiger partial charge is 0.238 e. The largest absolute Gasteiger partial charge is 0.285 e. The maximum Gasteiger partial charge on any atom is 0.238 e. The van der Waals surface area contributed by atoms with Crippen molar-refractivity contribution in [2.45, 2.75) is 11.8 Å². The molecule has 1 rings (SSSR count). The minimum atomic E-state index is -3.70. The lowest BCUT2D eigenvalue weighted by Crippen LogP contribution is -2.01. The lowest BCUT2D eigenvalue weighted by molar-refractivity contribution is 0.556. The topological polar surface area (TPSA) is 51.2 Å². The molecule has 12 heavy (non-hydrogen) atoms. The molecule has 0 bridgehead atoms. The molecule has 1 aromatic rings. The van der Waals surface area contributed by atoms with E-state index in [4.69, 9.17) is 0 Å². The Morgan fingerprint density at radius 3 is 2.50 bits per heavy atom.